The summed E-state index contributed by atoms with van der Waals surface area (Å²) in [6, 6.07) is 6.09. The molecule has 1 aromatic heterocycles. The number of benzene rings is 1. The molecule has 0 spiro atoms. The highest BCUT2D eigenvalue weighted by atomic mass is 16.5. The second-order valence-electron chi connectivity index (χ2n) is 4.50. The Morgan fingerprint density at radius 1 is 1.21 bits per heavy atom. The molecular weight excluding hydrogens is 242 g/mol. The van der Waals surface area contributed by atoms with Gasteiger partial charge in [-0.15, -0.1) is 5.10 Å². The Morgan fingerprint density at radius 3 is 2.42 bits per heavy atom. The molecule has 0 aliphatic carbocycles. The predicted octanol–water partition coefficient (Wildman–Crippen LogP) is 2.37. The van der Waals surface area contributed by atoms with Crippen LogP contribution in [-0.4, -0.2) is 27.6 Å². The van der Waals surface area contributed by atoms with Crippen molar-refractivity contribution in [1.29, 1.82) is 0 Å². The van der Waals surface area contributed by atoms with Crippen LogP contribution < -0.4 is 0 Å². The fraction of sp³-hybridized carbons (Fsp3) is 0.357. The van der Waals surface area contributed by atoms with Crippen LogP contribution in [-0.2, 0) is 4.74 Å². The van der Waals surface area contributed by atoms with E-state index in [4.69, 9.17) is 4.74 Å². The molecule has 0 saturated heterocycles. The summed E-state index contributed by atoms with van der Waals surface area (Å²) < 4.78 is 6.61. The van der Waals surface area contributed by atoms with Gasteiger partial charge in [-0.1, -0.05) is 11.3 Å². The summed E-state index contributed by atoms with van der Waals surface area (Å²) in [7, 11) is 0. The summed E-state index contributed by atoms with van der Waals surface area (Å²) in [5.41, 5.74) is 4.13. The maximum Gasteiger partial charge on any atom is 0.360 e. The number of esters is 1. The van der Waals surface area contributed by atoms with Crippen LogP contribution in [0.5, 0.6) is 0 Å². The van der Waals surface area contributed by atoms with Gasteiger partial charge in [0.05, 0.1) is 18.0 Å². The Bertz CT molecular complexity index is 597. The highest BCUT2D eigenvalue weighted by molar-refractivity contribution is 5.88. The largest absolute Gasteiger partial charge is 0.461 e. The summed E-state index contributed by atoms with van der Waals surface area (Å²) in [5.74, 6) is -0.435. The lowest BCUT2D eigenvalue weighted by Gasteiger charge is -2.06. The van der Waals surface area contributed by atoms with Gasteiger partial charge in [0.1, 0.15) is 0 Å². The quantitative estimate of drug-likeness (QED) is 0.794. The van der Waals surface area contributed by atoms with Crippen molar-refractivity contribution >= 4 is 5.97 Å². The number of aromatic nitrogens is 3. The number of ether oxygens (including phenoxy) is 1. The molecule has 0 amide bonds. The first-order chi connectivity index (χ1) is 9.02. The van der Waals surface area contributed by atoms with Crippen molar-refractivity contribution in [3.05, 3.63) is 40.7 Å². The van der Waals surface area contributed by atoms with Gasteiger partial charge in [0.15, 0.2) is 5.69 Å². The van der Waals surface area contributed by atoms with E-state index in [0.29, 0.717) is 12.3 Å². The highest BCUT2D eigenvalue weighted by Gasteiger charge is 2.18. The third kappa shape index (κ3) is 2.65. The van der Waals surface area contributed by atoms with Crippen LogP contribution in [0.15, 0.2) is 18.2 Å². The maximum absolute atomic E-state index is 11.7. The lowest BCUT2D eigenvalue weighted by Crippen LogP contribution is -2.08. The molecule has 1 aromatic carbocycles. The molecule has 0 fully saturated rings. The molecule has 1 heterocycles. The minimum atomic E-state index is -0.435. The minimum Gasteiger partial charge on any atom is -0.461 e. The third-order valence-corrected chi connectivity index (χ3v) is 2.81. The van der Waals surface area contributed by atoms with E-state index in [1.165, 1.54) is 0 Å². The molecular formula is C14H17N3O2. The lowest BCUT2D eigenvalue weighted by atomic mass is 10.1. The second-order valence-corrected chi connectivity index (χ2v) is 4.50. The number of rotatable bonds is 3. The van der Waals surface area contributed by atoms with Gasteiger partial charge in [-0.05, 0) is 51.0 Å². The van der Waals surface area contributed by atoms with Crippen molar-refractivity contribution < 1.29 is 9.53 Å². The van der Waals surface area contributed by atoms with Crippen molar-refractivity contribution in [3.63, 3.8) is 0 Å². The van der Waals surface area contributed by atoms with Gasteiger partial charge in [0.2, 0.25) is 0 Å². The number of carbonyl (C=O) groups excluding carboxylic acids is 1. The predicted molar refractivity (Wildman–Crippen MR) is 71.5 cm³/mol. The molecule has 0 aliphatic rings. The Kier molecular flexibility index (Phi) is 3.64. The van der Waals surface area contributed by atoms with Gasteiger partial charge in [-0.2, -0.15) is 0 Å². The van der Waals surface area contributed by atoms with Gasteiger partial charge in [0.25, 0.3) is 0 Å². The van der Waals surface area contributed by atoms with E-state index in [-0.39, 0.29) is 5.69 Å². The van der Waals surface area contributed by atoms with E-state index in [1.54, 1.807) is 11.6 Å². The third-order valence-electron chi connectivity index (χ3n) is 2.81. The van der Waals surface area contributed by atoms with Gasteiger partial charge < -0.3 is 4.74 Å². The molecule has 100 valence electrons. The van der Waals surface area contributed by atoms with Crippen LogP contribution in [0, 0.1) is 20.8 Å². The molecule has 0 aliphatic heterocycles. The minimum absolute atomic E-state index is 0.265. The van der Waals surface area contributed by atoms with Gasteiger partial charge in [0, 0.05) is 0 Å². The fourth-order valence-electron chi connectivity index (χ4n) is 2.04. The number of hydrogen-bond acceptors (Lipinski definition) is 4. The normalized spacial score (nSPS) is 10.5. The zero-order valence-electron chi connectivity index (χ0n) is 11.6. The van der Waals surface area contributed by atoms with Crippen molar-refractivity contribution in [3.8, 4) is 5.69 Å². The van der Waals surface area contributed by atoms with Crippen LogP contribution in [0.2, 0.25) is 0 Å². The van der Waals surface area contributed by atoms with Gasteiger partial charge in [-0.3, -0.25) is 0 Å². The SMILES string of the molecule is CCOC(=O)c1nnn(-c2cc(C)cc(C)c2)c1C. The molecule has 19 heavy (non-hydrogen) atoms. The van der Waals surface area contributed by atoms with Crippen molar-refractivity contribution in [2.45, 2.75) is 27.7 Å². The second kappa shape index (κ2) is 5.22. The van der Waals surface area contributed by atoms with E-state index in [1.807, 2.05) is 32.9 Å². The van der Waals surface area contributed by atoms with Crippen molar-refractivity contribution in [2.24, 2.45) is 0 Å². The van der Waals surface area contributed by atoms with E-state index in [9.17, 15) is 4.79 Å². The van der Waals surface area contributed by atoms with Gasteiger partial charge in [-0.25, -0.2) is 9.48 Å². The van der Waals surface area contributed by atoms with E-state index < -0.39 is 5.97 Å². The maximum atomic E-state index is 11.7. The zero-order valence-corrected chi connectivity index (χ0v) is 11.6. The van der Waals surface area contributed by atoms with E-state index in [0.717, 1.165) is 16.8 Å². The molecule has 0 bridgehead atoms. The molecule has 0 atom stereocenters. The standard InChI is InChI=1S/C14H17N3O2/c1-5-19-14(18)13-11(4)17(16-15-13)12-7-9(2)6-10(3)8-12/h6-8H,5H2,1-4H3. The highest BCUT2D eigenvalue weighted by Crippen LogP contribution is 2.16. The van der Waals surface area contributed by atoms with Crippen LogP contribution in [0.3, 0.4) is 0 Å². The van der Waals surface area contributed by atoms with Crippen LogP contribution >= 0.6 is 0 Å². The van der Waals surface area contributed by atoms with Crippen LogP contribution in [0.4, 0.5) is 0 Å². The first-order valence-electron chi connectivity index (χ1n) is 6.21. The van der Waals surface area contributed by atoms with Crippen molar-refractivity contribution in [2.75, 3.05) is 6.61 Å². The molecule has 2 rings (SSSR count). The smallest absolute Gasteiger partial charge is 0.360 e. The number of aryl methyl sites for hydroxylation is 2. The Hall–Kier alpha value is -2.17. The topological polar surface area (TPSA) is 57.0 Å². The summed E-state index contributed by atoms with van der Waals surface area (Å²) in [6.07, 6.45) is 0. The zero-order chi connectivity index (χ0) is 14.0. The monoisotopic (exact) mass is 259 g/mol. The number of hydrogen-bond donors (Lipinski definition) is 0. The molecule has 5 heteroatoms. The summed E-state index contributed by atoms with van der Waals surface area (Å²) in [4.78, 5) is 11.7. The number of carbonyl (C=O) groups is 1. The van der Waals surface area contributed by atoms with Crippen LogP contribution in [0.1, 0.15) is 34.2 Å². The summed E-state index contributed by atoms with van der Waals surface area (Å²) >= 11 is 0. The molecule has 0 N–H and O–H groups in total. The molecule has 5 nitrogen and oxygen atoms in total. The Labute approximate surface area is 112 Å². The van der Waals surface area contributed by atoms with Crippen LogP contribution in [0.25, 0.3) is 5.69 Å². The Morgan fingerprint density at radius 2 is 1.84 bits per heavy atom. The molecule has 0 saturated carbocycles. The van der Waals surface area contributed by atoms with E-state index in [2.05, 4.69) is 16.4 Å². The molecule has 0 radical (unpaired) electrons. The van der Waals surface area contributed by atoms with Gasteiger partial charge >= 0.3 is 5.97 Å². The summed E-state index contributed by atoms with van der Waals surface area (Å²) in [6.45, 7) is 7.95. The fourth-order valence-corrected chi connectivity index (χ4v) is 2.04. The average molecular weight is 259 g/mol. The summed E-state index contributed by atoms with van der Waals surface area (Å²) in [5, 5.41) is 7.95. The Balaban J connectivity index is 2.44. The first kappa shape index (κ1) is 13.3. The molecule has 0 unspecified atom stereocenters. The van der Waals surface area contributed by atoms with Crippen molar-refractivity contribution in [1.82, 2.24) is 15.0 Å². The average Bonchev–Trinajstić information content (AvgIpc) is 2.70. The lowest BCUT2D eigenvalue weighted by molar-refractivity contribution is 0.0518. The van der Waals surface area contributed by atoms with E-state index >= 15 is 0 Å². The number of nitrogens with zero attached hydrogens (tertiary/aromatic N) is 3. The first-order valence-corrected chi connectivity index (χ1v) is 6.21. The molecule has 2 aromatic rings.